The van der Waals surface area contributed by atoms with Crippen LogP contribution in [0.25, 0.3) is 0 Å². The number of carbonyl (C=O) groups is 1. The van der Waals surface area contributed by atoms with Crippen LogP contribution in [0.5, 0.6) is 0 Å². The number of carbonyl (C=O) groups excluding carboxylic acids is 1. The van der Waals surface area contributed by atoms with Crippen LogP contribution in [0.3, 0.4) is 0 Å². The third-order valence-electron chi connectivity index (χ3n) is 2.46. The van der Waals surface area contributed by atoms with Crippen LogP contribution in [-0.4, -0.2) is 39.8 Å². The molecule has 0 atom stereocenters. The van der Waals surface area contributed by atoms with Gasteiger partial charge in [-0.2, -0.15) is 0 Å². The van der Waals surface area contributed by atoms with Gasteiger partial charge in [0.1, 0.15) is 0 Å². The molecule has 5 nitrogen and oxygen atoms in total. The van der Waals surface area contributed by atoms with Gasteiger partial charge in [0.2, 0.25) is 15.9 Å². The van der Waals surface area contributed by atoms with Gasteiger partial charge in [0.05, 0.1) is 4.90 Å². The molecule has 17 heavy (non-hydrogen) atoms. The summed E-state index contributed by atoms with van der Waals surface area (Å²) in [4.78, 5) is 12.8. The Morgan fingerprint density at radius 1 is 1.18 bits per heavy atom. The van der Waals surface area contributed by atoms with Gasteiger partial charge >= 0.3 is 0 Å². The van der Waals surface area contributed by atoms with Crippen molar-refractivity contribution in [2.45, 2.75) is 11.8 Å². The van der Waals surface area contributed by atoms with Crippen LogP contribution in [-0.2, 0) is 14.8 Å². The molecular formula is C11H16N2O3S. The normalized spacial score (nSPS) is 11.6. The number of rotatable bonds is 3. The lowest BCUT2D eigenvalue weighted by molar-refractivity contribution is -0.116. The number of anilines is 1. The number of nitrogens with zero attached hydrogens (tertiary/aromatic N) is 2. The third kappa shape index (κ3) is 2.83. The molecule has 0 heterocycles. The van der Waals surface area contributed by atoms with Crippen LogP contribution in [0.2, 0.25) is 0 Å². The van der Waals surface area contributed by atoms with Gasteiger partial charge in [0, 0.05) is 33.8 Å². The van der Waals surface area contributed by atoms with Gasteiger partial charge in [0.15, 0.2) is 0 Å². The van der Waals surface area contributed by atoms with E-state index in [1.807, 2.05) is 0 Å². The molecule has 6 heteroatoms. The van der Waals surface area contributed by atoms with Gasteiger partial charge in [-0.15, -0.1) is 0 Å². The van der Waals surface area contributed by atoms with Crippen molar-refractivity contribution in [2.75, 3.05) is 26.0 Å². The van der Waals surface area contributed by atoms with Crippen molar-refractivity contribution >= 4 is 21.6 Å². The molecule has 1 rings (SSSR count). The van der Waals surface area contributed by atoms with E-state index in [0.29, 0.717) is 5.69 Å². The fraction of sp³-hybridized carbons (Fsp3) is 0.364. The van der Waals surface area contributed by atoms with E-state index < -0.39 is 10.0 Å². The minimum absolute atomic E-state index is 0.149. The zero-order valence-corrected chi connectivity index (χ0v) is 11.2. The molecule has 1 amide bonds. The molecule has 0 spiro atoms. The summed E-state index contributed by atoms with van der Waals surface area (Å²) in [5.41, 5.74) is 0.556. The number of amides is 1. The SMILES string of the molecule is CC(=O)N(C)c1cccc(S(=O)(=O)N(C)C)c1. The molecule has 0 aliphatic rings. The van der Waals surface area contributed by atoms with Crippen molar-refractivity contribution in [3.05, 3.63) is 24.3 Å². The van der Waals surface area contributed by atoms with Gasteiger partial charge in [-0.05, 0) is 18.2 Å². The van der Waals surface area contributed by atoms with E-state index in [-0.39, 0.29) is 10.8 Å². The molecule has 0 saturated carbocycles. The lowest BCUT2D eigenvalue weighted by Crippen LogP contribution is -2.25. The zero-order valence-electron chi connectivity index (χ0n) is 10.3. The highest BCUT2D eigenvalue weighted by atomic mass is 32.2. The Balaban J connectivity index is 3.24. The fourth-order valence-electron chi connectivity index (χ4n) is 1.25. The maximum absolute atomic E-state index is 11.9. The summed E-state index contributed by atoms with van der Waals surface area (Å²) < 4.78 is 24.9. The summed E-state index contributed by atoms with van der Waals surface area (Å²) >= 11 is 0. The summed E-state index contributed by atoms with van der Waals surface area (Å²) in [7, 11) is 1.08. The predicted octanol–water partition coefficient (Wildman–Crippen LogP) is 0.920. The second-order valence-electron chi connectivity index (χ2n) is 3.86. The standard InChI is InChI=1S/C11H16N2O3S/c1-9(14)13(4)10-6-5-7-11(8-10)17(15,16)12(2)3/h5-8H,1-4H3. The zero-order chi connectivity index (χ0) is 13.2. The molecule has 1 aromatic rings. The Kier molecular flexibility index (Phi) is 3.90. The first-order chi connectivity index (χ1) is 7.76. The largest absolute Gasteiger partial charge is 0.316 e. The number of benzene rings is 1. The molecule has 0 bridgehead atoms. The predicted molar refractivity (Wildman–Crippen MR) is 66.4 cm³/mol. The summed E-state index contributed by atoms with van der Waals surface area (Å²) in [6.07, 6.45) is 0. The van der Waals surface area contributed by atoms with E-state index in [1.165, 1.54) is 38.1 Å². The van der Waals surface area contributed by atoms with Crippen LogP contribution in [0.1, 0.15) is 6.92 Å². The molecule has 0 unspecified atom stereocenters. The first-order valence-corrected chi connectivity index (χ1v) is 6.47. The highest BCUT2D eigenvalue weighted by Gasteiger charge is 2.18. The maximum Gasteiger partial charge on any atom is 0.242 e. The molecule has 94 valence electrons. The van der Waals surface area contributed by atoms with Crippen molar-refractivity contribution in [1.29, 1.82) is 0 Å². The van der Waals surface area contributed by atoms with E-state index in [0.717, 1.165) is 4.31 Å². The minimum atomic E-state index is -3.46. The Morgan fingerprint density at radius 3 is 2.24 bits per heavy atom. The average molecular weight is 256 g/mol. The quantitative estimate of drug-likeness (QED) is 0.808. The molecule has 0 fully saturated rings. The topological polar surface area (TPSA) is 57.7 Å². The Labute approximate surface area is 102 Å². The van der Waals surface area contributed by atoms with E-state index in [9.17, 15) is 13.2 Å². The van der Waals surface area contributed by atoms with Crippen molar-refractivity contribution in [2.24, 2.45) is 0 Å². The highest BCUT2D eigenvalue weighted by Crippen LogP contribution is 2.20. The third-order valence-corrected chi connectivity index (χ3v) is 4.27. The Hall–Kier alpha value is -1.40. The first kappa shape index (κ1) is 13.7. The lowest BCUT2D eigenvalue weighted by atomic mass is 10.3. The molecule has 1 aromatic carbocycles. The Morgan fingerprint density at radius 2 is 1.76 bits per heavy atom. The highest BCUT2D eigenvalue weighted by molar-refractivity contribution is 7.89. The van der Waals surface area contributed by atoms with E-state index in [1.54, 1.807) is 19.2 Å². The molecule has 0 aromatic heterocycles. The molecular weight excluding hydrogens is 240 g/mol. The van der Waals surface area contributed by atoms with E-state index in [4.69, 9.17) is 0 Å². The summed E-state index contributed by atoms with van der Waals surface area (Å²) in [6, 6.07) is 6.30. The minimum Gasteiger partial charge on any atom is -0.316 e. The van der Waals surface area contributed by atoms with Gasteiger partial charge in [-0.25, -0.2) is 12.7 Å². The second kappa shape index (κ2) is 4.85. The van der Waals surface area contributed by atoms with Crippen LogP contribution >= 0.6 is 0 Å². The number of hydrogen-bond donors (Lipinski definition) is 0. The van der Waals surface area contributed by atoms with Gasteiger partial charge in [-0.1, -0.05) is 6.07 Å². The molecule has 0 saturated heterocycles. The van der Waals surface area contributed by atoms with Crippen LogP contribution in [0.4, 0.5) is 5.69 Å². The van der Waals surface area contributed by atoms with Crippen LogP contribution < -0.4 is 4.90 Å². The number of sulfonamides is 1. The Bertz CT molecular complexity index is 523. The fourth-order valence-corrected chi connectivity index (χ4v) is 2.19. The summed E-state index contributed by atoms with van der Waals surface area (Å²) in [6.45, 7) is 1.42. The summed E-state index contributed by atoms with van der Waals surface area (Å²) in [5, 5.41) is 0. The molecule has 0 radical (unpaired) electrons. The van der Waals surface area contributed by atoms with E-state index in [2.05, 4.69) is 0 Å². The van der Waals surface area contributed by atoms with Gasteiger partial charge in [-0.3, -0.25) is 4.79 Å². The molecule has 0 aliphatic carbocycles. The monoisotopic (exact) mass is 256 g/mol. The van der Waals surface area contributed by atoms with Crippen LogP contribution in [0, 0.1) is 0 Å². The van der Waals surface area contributed by atoms with Crippen molar-refractivity contribution in [3.8, 4) is 0 Å². The van der Waals surface area contributed by atoms with Crippen LogP contribution in [0.15, 0.2) is 29.2 Å². The summed E-state index contributed by atoms with van der Waals surface area (Å²) in [5.74, 6) is -0.149. The van der Waals surface area contributed by atoms with Gasteiger partial charge < -0.3 is 4.90 Å². The first-order valence-electron chi connectivity index (χ1n) is 5.03. The van der Waals surface area contributed by atoms with Crippen molar-refractivity contribution < 1.29 is 13.2 Å². The maximum atomic E-state index is 11.9. The molecule has 0 aliphatic heterocycles. The average Bonchev–Trinajstić information content (AvgIpc) is 2.27. The molecule has 0 N–H and O–H groups in total. The lowest BCUT2D eigenvalue weighted by Gasteiger charge is -2.17. The van der Waals surface area contributed by atoms with Crippen molar-refractivity contribution in [1.82, 2.24) is 4.31 Å². The second-order valence-corrected chi connectivity index (χ2v) is 6.01. The van der Waals surface area contributed by atoms with E-state index >= 15 is 0 Å². The smallest absolute Gasteiger partial charge is 0.242 e. The van der Waals surface area contributed by atoms with Crippen molar-refractivity contribution in [3.63, 3.8) is 0 Å². The number of hydrogen-bond acceptors (Lipinski definition) is 3. The van der Waals surface area contributed by atoms with Gasteiger partial charge in [0.25, 0.3) is 0 Å².